The molecule has 0 saturated heterocycles. The molecule has 0 atom stereocenters. The van der Waals surface area contributed by atoms with E-state index in [9.17, 15) is 9.59 Å². The van der Waals surface area contributed by atoms with Crippen LogP contribution >= 0.6 is 11.6 Å². The highest BCUT2D eigenvalue weighted by molar-refractivity contribution is 6.30. The van der Waals surface area contributed by atoms with Crippen LogP contribution in [-0.4, -0.2) is 29.2 Å². The van der Waals surface area contributed by atoms with Crippen molar-refractivity contribution in [1.29, 1.82) is 0 Å². The molecule has 0 radical (unpaired) electrons. The first kappa shape index (κ1) is 15.6. The molecule has 0 unspecified atom stereocenters. The number of benzene rings is 1. The van der Waals surface area contributed by atoms with Gasteiger partial charge in [-0.25, -0.2) is 4.79 Å². The van der Waals surface area contributed by atoms with Crippen LogP contribution in [0.4, 0.5) is 10.5 Å². The second-order valence-corrected chi connectivity index (χ2v) is 6.32. The molecule has 2 amide bonds. The summed E-state index contributed by atoms with van der Waals surface area (Å²) in [5.41, 5.74) is 0.172. The SMILES string of the molecule is CC(C)(NC(=O)N(CC(=O)O)c1ccc(Cl)cc1)C1CC1. The zero-order chi connectivity index (χ0) is 15.6. The number of amides is 2. The summed E-state index contributed by atoms with van der Waals surface area (Å²) in [5.74, 6) is -0.609. The van der Waals surface area contributed by atoms with Crippen molar-refractivity contribution in [1.82, 2.24) is 5.32 Å². The fourth-order valence-electron chi connectivity index (χ4n) is 2.29. The fraction of sp³-hybridized carbons (Fsp3) is 0.467. The number of anilines is 1. The highest BCUT2D eigenvalue weighted by Crippen LogP contribution is 2.39. The molecular weight excluding hydrogens is 292 g/mol. The van der Waals surface area contributed by atoms with Crippen molar-refractivity contribution in [2.75, 3.05) is 11.4 Å². The Morgan fingerprint density at radius 2 is 1.90 bits per heavy atom. The first-order valence-corrected chi connectivity index (χ1v) is 7.24. The Morgan fingerprint density at radius 3 is 2.38 bits per heavy atom. The molecule has 0 aromatic heterocycles. The molecule has 1 aliphatic carbocycles. The average Bonchev–Trinajstić information content (AvgIpc) is 3.21. The van der Waals surface area contributed by atoms with Gasteiger partial charge in [-0.2, -0.15) is 0 Å². The zero-order valence-corrected chi connectivity index (χ0v) is 12.9. The van der Waals surface area contributed by atoms with Gasteiger partial charge >= 0.3 is 12.0 Å². The molecule has 1 fully saturated rings. The van der Waals surface area contributed by atoms with E-state index < -0.39 is 18.5 Å². The number of halogens is 1. The van der Waals surface area contributed by atoms with Crippen molar-refractivity contribution in [2.24, 2.45) is 5.92 Å². The van der Waals surface area contributed by atoms with Crippen molar-refractivity contribution >= 4 is 29.3 Å². The van der Waals surface area contributed by atoms with Gasteiger partial charge in [0.2, 0.25) is 0 Å². The van der Waals surface area contributed by atoms with Gasteiger partial charge in [0.05, 0.1) is 0 Å². The lowest BCUT2D eigenvalue weighted by atomic mass is 9.99. The summed E-state index contributed by atoms with van der Waals surface area (Å²) in [6.45, 7) is 3.53. The minimum Gasteiger partial charge on any atom is -0.480 e. The van der Waals surface area contributed by atoms with Crippen molar-refractivity contribution in [2.45, 2.75) is 32.2 Å². The third-order valence-corrected chi connectivity index (χ3v) is 3.96. The van der Waals surface area contributed by atoms with Gasteiger partial charge < -0.3 is 10.4 Å². The van der Waals surface area contributed by atoms with Gasteiger partial charge in [-0.3, -0.25) is 9.69 Å². The maximum absolute atomic E-state index is 12.4. The quantitative estimate of drug-likeness (QED) is 0.878. The summed E-state index contributed by atoms with van der Waals surface area (Å²) < 4.78 is 0. The molecule has 2 N–H and O–H groups in total. The number of carboxylic acid groups (broad SMARTS) is 1. The maximum Gasteiger partial charge on any atom is 0.323 e. The van der Waals surface area contributed by atoms with Gasteiger partial charge in [-0.15, -0.1) is 0 Å². The van der Waals surface area contributed by atoms with Gasteiger partial charge in [-0.1, -0.05) is 11.6 Å². The molecule has 2 rings (SSSR count). The minimum atomic E-state index is -1.07. The van der Waals surface area contributed by atoms with Crippen LogP contribution in [0.5, 0.6) is 0 Å². The van der Waals surface area contributed by atoms with Crippen LogP contribution in [0.1, 0.15) is 26.7 Å². The Hall–Kier alpha value is -1.75. The lowest BCUT2D eigenvalue weighted by Crippen LogP contribution is -2.52. The van der Waals surface area contributed by atoms with E-state index in [1.807, 2.05) is 13.8 Å². The second kappa shape index (κ2) is 5.93. The smallest absolute Gasteiger partial charge is 0.323 e. The first-order chi connectivity index (χ1) is 9.79. The van der Waals surface area contributed by atoms with Gasteiger partial charge in [0, 0.05) is 16.2 Å². The van der Waals surface area contributed by atoms with E-state index in [4.69, 9.17) is 16.7 Å². The van der Waals surface area contributed by atoms with Crippen molar-refractivity contribution < 1.29 is 14.7 Å². The van der Waals surface area contributed by atoms with Crippen LogP contribution in [0.2, 0.25) is 5.02 Å². The van der Waals surface area contributed by atoms with Gasteiger partial charge in [0.15, 0.2) is 0 Å². The Labute approximate surface area is 128 Å². The largest absolute Gasteiger partial charge is 0.480 e. The van der Waals surface area contributed by atoms with E-state index in [1.54, 1.807) is 24.3 Å². The normalized spacial score (nSPS) is 14.6. The molecule has 6 heteroatoms. The predicted octanol–water partition coefficient (Wildman–Crippen LogP) is 3.13. The molecule has 1 aromatic carbocycles. The molecule has 5 nitrogen and oxygen atoms in total. The van der Waals surface area contributed by atoms with Crippen LogP contribution in [0.3, 0.4) is 0 Å². The summed E-state index contributed by atoms with van der Waals surface area (Å²) >= 11 is 5.82. The highest BCUT2D eigenvalue weighted by Gasteiger charge is 2.39. The minimum absolute atomic E-state index is 0.333. The molecule has 114 valence electrons. The number of nitrogens with one attached hydrogen (secondary N) is 1. The standard InChI is InChI=1S/C15H19ClN2O3/c1-15(2,10-3-4-10)17-14(21)18(9-13(19)20)12-7-5-11(16)6-8-12/h5-8,10H,3-4,9H2,1-2H3,(H,17,21)(H,19,20). The molecule has 0 bridgehead atoms. The number of carbonyl (C=O) groups is 2. The maximum atomic E-state index is 12.4. The van der Waals surface area contributed by atoms with E-state index >= 15 is 0 Å². The summed E-state index contributed by atoms with van der Waals surface area (Å²) in [6.07, 6.45) is 2.18. The first-order valence-electron chi connectivity index (χ1n) is 6.86. The third kappa shape index (κ3) is 4.11. The monoisotopic (exact) mass is 310 g/mol. The predicted molar refractivity (Wildman–Crippen MR) is 81.8 cm³/mol. The lowest BCUT2D eigenvalue weighted by molar-refractivity contribution is -0.135. The topological polar surface area (TPSA) is 69.6 Å². The number of nitrogens with zero attached hydrogens (tertiary/aromatic N) is 1. The Bertz CT molecular complexity index is 538. The van der Waals surface area contributed by atoms with Crippen LogP contribution in [-0.2, 0) is 4.79 Å². The van der Waals surface area contributed by atoms with Crippen LogP contribution in [0.25, 0.3) is 0 Å². The van der Waals surface area contributed by atoms with Gasteiger partial charge in [0.25, 0.3) is 0 Å². The summed E-state index contributed by atoms with van der Waals surface area (Å²) in [7, 11) is 0. The van der Waals surface area contributed by atoms with Crippen LogP contribution in [0, 0.1) is 5.92 Å². The molecule has 0 heterocycles. The van der Waals surface area contributed by atoms with E-state index in [1.165, 1.54) is 4.90 Å². The second-order valence-electron chi connectivity index (χ2n) is 5.88. The highest BCUT2D eigenvalue weighted by atomic mass is 35.5. The molecular formula is C15H19ClN2O3. The molecule has 0 spiro atoms. The number of carboxylic acids is 1. The van der Waals surface area contributed by atoms with Gasteiger partial charge in [0.1, 0.15) is 6.54 Å². The Morgan fingerprint density at radius 1 is 1.33 bits per heavy atom. The third-order valence-electron chi connectivity index (χ3n) is 3.70. The molecule has 1 saturated carbocycles. The van der Waals surface area contributed by atoms with E-state index in [2.05, 4.69) is 5.32 Å². The number of urea groups is 1. The van der Waals surface area contributed by atoms with E-state index in [0.29, 0.717) is 16.6 Å². The molecule has 21 heavy (non-hydrogen) atoms. The Balaban J connectivity index is 2.16. The summed E-state index contributed by atoms with van der Waals surface area (Å²) in [5, 5.41) is 12.5. The number of hydrogen-bond donors (Lipinski definition) is 2. The summed E-state index contributed by atoms with van der Waals surface area (Å²) in [4.78, 5) is 24.7. The van der Waals surface area contributed by atoms with Crippen molar-refractivity contribution in [3.8, 4) is 0 Å². The number of rotatable bonds is 5. The number of aliphatic carboxylic acids is 1. The fourth-order valence-corrected chi connectivity index (χ4v) is 2.41. The van der Waals surface area contributed by atoms with Crippen LogP contribution < -0.4 is 10.2 Å². The Kier molecular flexibility index (Phi) is 4.42. The summed E-state index contributed by atoms with van der Waals surface area (Å²) in [6, 6.07) is 6.12. The molecule has 1 aromatic rings. The number of hydrogen-bond acceptors (Lipinski definition) is 2. The van der Waals surface area contributed by atoms with E-state index in [-0.39, 0.29) is 5.54 Å². The van der Waals surface area contributed by atoms with Crippen LogP contribution in [0.15, 0.2) is 24.3 Å². The van der Waals surface area contributed by atoms with E-state index in [0.717, 1.165) is 12.8 Å². The molecule has 0 aliphatic heterocycles. The lowest BCUT2D eigenvalue weighted by Gasteiger charge is -2.30. The molecule has 1 aliphatic rings. The average molecular weight is 311 g/mol. The van der Waals surface area contributed by atoms with Crippen molar-refractivity contribution in [3.63, 3.8) is 0 Å². The van der Waals surface area contributed by atoms with Crippen molar-refractivity contribution in [3.05, 3.63) is 29.3 Å². The zero-order valence-electron chi connectivity index (χ0n) is 12.1. The van der Waals surface area contributed by atoms with Gasteiger partial charge in [-0.05, 0) is 56.9 Å². The number of carbonyl (C=O) groups excluding carboxylic acids is 1.